The molecular weight excluding hydrogens is 208 g/mol. The maximum Gasteiger partial charge on any atom is 0.0234 e. The largest absolute Gasteiger partial charge is 0.311 e. The SMILES string of the molecule is CC(C)N[C@H]1CCCN(Cc2ccccc2)C1. The van der Waals surface area contributed by atoms with Gasteiger partial charge in [-0.25, -0.2) is 0 Å². The predicted molar refractivity (Wildman–Crippen MR) is 73.0 cm³/mol. The van der Waals surface area contributed by atoms with Crippen LogP contribution in [0, 0.1) is 0 Å². The lowest BCUT2D eigenvalue weighted by atomic mass is 10.0. The summed E-state index contributed by atoms with van der Waals surface area (Å²) in [6, 6.07) is 12.1. The van der Waals surface area contributed by atoms with E-state index in [-0.39, 0.29) is 0 Å². The van der Waals surface area contributed by atoms with E-state index in [1.165, 1.54) is 31.5 Å². The van der Waals surface area contributed by atoms with Crippen molar-refractivity contribution in [3.05, 3.63) is 35.9 Å². The van der Waals surface area contributed by atoms with Crippen molar-refractivity contribution in [1.82, 2.24) is 10.2 Å². The zero-order valence-corrected chi connectivity index (χ0v) is 11.0. The van der Waals surface area contributed by atoms with Gasteiger partial charge in [-0.1, -0.05) is 44.2 Å². The van der Waals surface area contributed by atoms with Crippen LogP contribution in [0.5, 0.6) is 0 Å². The van der Waals surface area contributed by atoms with Gasteiger partial charge >= 0.3 is 0 Å². The number of piperidine rings is 1. The number of hydrogen-bond donors (Lipinski definition) is 1. The molecule has 2 rings (SSSR count). The molecule has 2 nitrogen and oxygen atoms in total. The zero-order chi connectivity index (χ0) is 12.1. The summed E-state index contributed by atoms with van der Waals surface area (Å²) in [4.78, 5) is 2.57. The predicted octanol–water partition coefficient (Wildman–Crippen LogP) is 2.65. The molecule has 1 N–H and O–H groups in total. The Labute approximate surface area is 105 Å². The summed E-state index contributed by atoms with van der Waals surface area (Å²) in [6.45, 7) is 7.99. The second-order valence-corrected chi connectivity index (χ2v) is 5.38. The molecule has 1 aliphatic heterocycles. The normalized spacial score (nSPS) is 21.9. The molecule has 0 aromatic heterocycles. The molecule has 0 saturated carbocycles. The topological polar surface area (TPSA) is 15.3 Å². The summed E-state index contributed by atoms with van der Waals surface area (Å²) >= 11 is 0. The summed E-state index contributed by atoms with van der Waals surface area (Å²) in [5.74, 6) is 0. The minimum Gasteiger partial charge on any atom is -0.311 e. The van der Waals surface area contributed by atoms with E-state index in [0.717, 1.165) is 6.54 Å². The van der Waals surface area contributed by atoms with Gasteiger partial charge in [0.05, 0.1) is 0 Å². The van der Waals surface area contributed by atoms with Crippen molar-refractivity contribution in [3.8, 4) is 0 Å². The highest BCUT2D eigenvalue weighted by atomic mass is 15.2. The third-order valence-corrected chi connectivity index (χ3v) is 3.32. The highest BCUT2D eigenvalue weighted by Gasteiger charge is 2.19. The van der Waals surface area contributed by atoms with Crippen LogP contribution >= 0.6 is 0 Å². The Balaban J connectivity index is 1.85. The van der Waals surface area contributed by atoms with Crippen LogP contribution < -0.4 is 5.32 Å². The second-order valence-electron chi connectivity index (χ2n) is 5.38. The Hall–Kier alpha value is -0.860. The lowest BCUT2D eigenvalue weighted by Crippen LogP contribution is -2.47. The first kappa shape index (κ1) is 12.6. The van der Waals surface area contributed by atoms with E-state index >= 15 is 0 Å². The number of rotatable bonds is 4. The molecule has 2 heteroatoms. The minimum absolute atomic E-state index is 0.594. The third kappa shape index (κ3) is 4.14. The molecule has 17 heavy (non-hydrogen) atoms. The lowest BCUT2D eigenvalue weighted by Gasteiger charge is -2.34. The van der Waals surface area contributed by atoms with Crippen molar-refractivity contribution >= 4 is 0 Å². The maximum atomic E-state index is 3.66. The molecule has 1 aromatic carbocycles. The van der Waals surface area contributed by atoms with Gasteiger partial charge in [0.25, 0.3) is 0 Å². The molecule has 1 aliphatic rings. The standard InChI is InChI=1S/C15H24N2/c1-13(2)16-15-9-6-10-17(12-15)11-14-7-4-3-5-8-14/h3-5,7-8,13,15-16H,6,9-12H2,1-2H3/t15-/m0/s1. The fourth-order valence-corrected chi connectivity index (χ4v) is 2.65. The van der Waals surface area contributed by atoms with Gasteiger partial charge in [0, 0.05) is 25.2 Å². The van der Waals surface area contributed by atoms with E-state index in [0.29, 0.717) is 12.1 Å². The fraction of sp³-hybridized carbons (Fsp3) is 0.600. The van der Waals surface area contributed by atoms with Gasteiger partial charge in [0.15, 0.2) is 0 Å². The van der Waals surface area contributed by atoms with Crippen molar-refractivity contribution in [2.45, 2.75) is 45.3 Å². The van der Waals surface area contributed by atoms with Gasteiger partial charge < -0.3 is 5.32 Å². The van der Waals surface area contributed by atoms with E-state index < -0.39 is 0 Å². The first-order valence-corrected chi connectivity index (χ1v) is 6.76. The van der Waals surface area contributed by atoms with Crippen LogP contribution in [0.2, 0.25) is 0 Å². The molecule has 94 valence electrons. The molecule has 0 amide bonds. The molecular formula is C15H24N2. The highest BCUT2D eigenvalue weighted by molar-refractivity contribution is 5.14. The Kier molecular flexibility index (Phi) is 4.57. The van der Waals surface area contributed by atoms with Crippen LogP contribution in [0.1, 0.15) is 32.3 Å². The molecule has 1 saturated heterocycles. The average molecular weight is 232 g/mol. The Bertz CT molecular complexity index is 321. The second kappa shape index (κ2) is 6.18. The Morgan fingerprint density at radius 2 is 2.06 bits per heavy atom. The van der Waals surface area contributed by atoms with E-state index in [1.54, 1.807) is 0 Å². The van der Waals surface area contributed by atoms with Crippen LogP contribution in [0.25, 0.3) is 0 Å². The number of likely N-dealkylation sites (tertiary alicyclic amines) is 1. The molecule has 0 bridgehead atoms. The zero-order valence-electron chi connectivity index (χ0n) is 11.0. The molecule has 1 fully saturated rings. The van der Waals surface area contributed by atoms with Crippen molar-refractivity contribution in [2.24, 2.45) is 0 Å². The van der Waals surface area contributed by atoms with Crippen LogP contribution in [-0.2, 0) is 6.54 Å². The van der Waals surface area contributed by atoms with Gasteiger partial charge in [0.2, 0.25) is 0 Å². The number of nitrogens with one attached hydrogen (secondary N) is 1. The number of hydrogen-bond acceptors (Lipinski definition) is 2. The molecule has 0 unspecified atom stereocenters. The summed E-state index contributed by atoms with van der Waals surface area (Å²) in [7, 11) is 0. The van der Waals surface area contributed by atoms with E-state index in [1.807, 2.05) is 0 Å². The molecule has 0 spiro atoms. The van der Waals surface area contributed by atoms with Gasteiger partial charge in [-0.05, 0) is 24.9 Å². The van der Waals surface area contributed by atoms with Crippen molar-refractivity contribution in [2.75, 3.05) is 13.1 Å². The lowest BCUT2D eigenvalue weighted by molar-refractivity contribution is 0.178. The van der Waals surface area contributed by atoms with E-state index in [9.17, 15) is 0 Å². The maximum absolute atomic E-state index is 3.66. The van der Waals surface area contributed by atoms with Crippen LogP contribution in [0.3, 0.4) is 0 Å². The average Bonchev–Trinajstić information content (AvgIpc) is 2.30. The minimum atomic E-state index is 0.594. The van der Waals surface area contributed by atoms with Crippen LogP contribution in [0.15, 0.2) is 30.3 Å². The van der Waals surface area contributed by atoms with Crippen LogP contribution in [-0.4, -0.2) is 30.1 Å². The molecule has 0 radical (unpaired) electrons. The summed E-state index contributed by atoms with van der Waals surface area (Å²) < 4.78 is 0. The van der Waals surface area contributed by atoms with Crippen molar-refractivity contribution < 1.29 is 0 Å². The number of benzene rings is 1. The smallest absolute Gasteiger partial charge is 0.0234 e. The Morgan fingerprint density at radius 1 is 1.29 bits per heavy atom. The van der Waals surface area contributed by atoms with Gasteiger partial charge in [-0.3, -0.25) is 4.90 Å². The van der Waals surface area contributed by atoms with Crippen molar-refractivity contribution in [3.63, 3.8) is 0 Å². The monoisotopic (exact) mass is 232 g/mol. The highest BCUT2D eigenvalue weighted by Crippen LogP contribution is 2.14. The molecule has 1 heterocycles. The first-order valence-electron chi connectivity index (χ1n) is 6.76. The Morgan fingerprint density at radius 3 is 2.76 bits per heavy atom. The molecule has 1 aromatic rings. The van der Waals surface area contributed by atoms with Gasteiger partial charge in [0.1, 0.15) is 0 Å². The summed E-state index contributed by atoms with van der Waals surface area (Å²) in [5, 5.41) is 3.66. The van der Waals surface area contributed by atoms with Gasteiger partial charge in [-0.2, -0.15) is 0 Å². The quantitative estimate of drug-likeness (QED) is 0.858. The van der Waals surface area contributed by atoms with E-state index in [2.05, 4.69) is 54.4 Å². The number of nitrogens with zero attached hydrogens (tertiary/aromatic N) is 1. The summed E-state index contributed by atoms with van der Waals surface area (Å²) in [6.07, 6.45) is 2.64. The first-order chi connectivity index (χ1) is 8.24. The summed E-state index contributed by atoms with van der Waals surface area (Å²) in [5.41, 5.74) is 1.43. The van der Waals surface area contributed by atoms with Crippen molar-refractivity contribution in [1.29, 1.82) is 0 Å². The third-order valence-electron chi connectivity index (χ3n) is 3.32. The molecule has 0 aliphatic carbocycles. The fourth-order valence-electron chi connectivity index (χ4n) is 2.65. The van der Waals surface area contributed by atoms with Crippen LogP contribution in [0.4, 0.5) is 0 Å². The van der Waals surface area contributed by atoms with Gasteiger partial charge in [-0.15, -0.1) is 0 Å². The van der Waals surface area contributed by atoms with E-state index in [4.69, 9.17) is 0 Å². The molecule has 1 atom stereocenters.